The van der Waals surface area contributed by atoms with Crippen LogP contribution < -0.4 is 0 Å². The summed E-state index contributed by atoms with van der Waals surface area (Å²) in [7, 11) is 0. The molecule has 4 rings (SSSR count). The van der Waals surface area contributed by atoms with Crippen LogP contribution in [0.3, 0.4) is 0 Å². The van der Waals surface area contributed by atoms with Crippen LogP contribution in [0.15, 0.2) is 52.9 Å². The maximum atomic E-state index is 11.2. The van der Waals surface area contributed by atoms with Crippen molar-refractivity contribution in [2.75, 3.05) is 0 Å². The zero-order valence-corrected chi connectivity index (χ0v) is 15.3. The third kappa shape index (κ3) is 3.47. The molecule has 2 heterocycles. The number of hydrogen-bond acceptors (Lipinski definition) is 5. The molecule has 4 aromatic rings. The topological polar surface area (TPSA) is 123 Å². The molecule has 0 atom stereocenters. The molecule has 2 aromatic heterocycles. The molecule has 7 heteroatoms. The van der Waals surface area contributed by atoms with Gasteiger partial charge in [0.15, 0.2) is 0 Å². The molecule has 0 fully saturated rings. The fourth-order valence-corrected chi connectivity index (χ4v) is 2.99. The monoisotopic (exact) mass is 385 g/mol. The molecule has 0 bridgehead atoms. The Kier molecular flexibility index (Phi) is 4.37. The largest absolute Gasteiger partial charge is 0.507 e. The lowest BCUT2D eigenvalue weighted by Gasteiger charge is -2.02. The van der Waals surface area contributed by atoms with Crippen LogP contribution in [0.4, 0.5) is 0 Å². The maximum absolute atomic E-state index is 11.2. The first-order valence-corrected chi connectivity index (χ1v) is 8.69. The van der Waals surface area contributed by atoms with Crippen LogP contribution in [0, 0.1) is 18.3 Å². The number of hydrogen-bond donors (Lipinski definition) is 3. The van der Waals surface area contributed by atoms with E-state index in [4.69, 9.17) is 9.52 Å². The predicted molar refractivity (Wildman–Crippen MR) is 107 cm³/mol. The Balaban J connectivity index is 1.69. The van der Waals surface area contributed by atoms with Crippen LogP contribution in [0.1, 0.15) is 27.5 Å². The average Bonchev–Trinajstić information content (AvgIpc) is 3.32. The van der Waals surface area contributed by atoms with Crippen molar-refractivity contribution in [3.05, 3.63) is 71.2 Å². The third-order valence-corrected chi connectivity index (χ3v) is 4.44. The first-order valence-electron chi connectivity index (χ1n) is 8.69. The second-order valence-electron chi connectivity index (χ2n) is 6.51. The van der Waals surface area contributed by atoms with Crippen LogP contribution >= 0.6 is 0 Å². The zero-order valence-electron chi connectivity index (χ0n) is 15.3. The Morgan fingerprint density at radius 2 is 2.03 bits per heavy atom. The predicted octanol–water partition coefficient (Wildman–Crippen LogP) is 4.60. The lowest BCUT2D eigenvalue weighted by atomic mass is 10.1. The summed E-state index contributed by atoms with van der Waals surface area (Å²) in [5.41, 5.74) is 3.27. The number of nitrogens with one attached hydrogen (secondary N) is 1. The van der Waals surface area contributed by atoms with Crippen molar-refractivity contribution in [1.82, 2.24) is 9.97 Å². The van der Waals surface area contributed by atoms with Gasteiger partial charge in [0.2, 0.25) is 0 Å². The van der Waals surface area contributed by atoms with Crippen molar-refractivity contribution < 1.29 is 19.4 Å². The van der Waals surface area contributed by atoms with Gasteiger partial charge in [0.05, 0.1) is 16.6 Å². The summed E-state index contributed by atoms with van der Waals surface area (Å²) in [6.07, 6.45) is 1.56. The Morgan fingerprint density at radius 1 is 1.21 bits per heavy atom. The molecule has 0 aliphatic heterocycles. The second-order valence-corrected chi connectivity index (χ2v) is 6.51. The maximum Gasteiger partial charge on any atom is 0.339 e. The highest BCUT2D eigenvalue weighted by molar-refractivity contribution is 5.92. The molecule has 0 unspecified atom stereocenters. The number of aromatic amines is 1. The van der Waals surface area contributed by atoms with Crippen molar-refractivity contribution in [2.24, 2.45) is 0 Å². The van der Waals surface area contributed by atoms with E-state index in [-0.39, 0.29) is 11.3 Å². The van der Waals surface area contributed by atoms with Gasteiger partial charge in [-0.05, 0) is 55.0 Å². The van der Waals surface area contributed by atoms with Crippen molar-refractivity contribution in [3.8, 4) is 23.1 Å². The minimum atomic E-state index is -1.23. The lowest BCUT2D eigenvalue weighted by Crippen LogP contribution is -1.96. The number of fused-ring (bicyclic) bond motifs is 1. The molecule has 0 aliphatic carbocycles. The number of phenols is 1. The van der Waals surface area contributed by atoms with Crippen molar-refractivity contribution in [2.45, 2.75) is 6.92 Å². The number of nitrogens with zero attached hydrogens (tertiary/aromatic N) is 2. The number of imidazole rings is 1. The molecule has 3 N–H and O–H groups in total. The zero-order chi connectivity index (χ0) is 20.5. The molecule has 0 radical (unpaired) electrons. The van der Waals surface area contributed by atoms with Crippen LogP contribution in [0.2, 0.25) is 0 Å². The highest BCUT2D eigenvalue weighted by atomic mass is 16.4. The van der Waals surface area contributed by atoms with E-state index < -0.39 is 5.97 Å². The molecule has 0 aliphatic rings. The van der Waals surface area contributed by atoms with Crippen LogP contribution in [-0.2, 0) is 0 Å². The number of carbonyl (C=O) groups is 1. The summed E-state index contributed by atoms with van der Waals surface area (Å²) in [4.78, 5) is 18.8. The van der Waals surface area contributed by atoms with Gasteiger partial charge in [-0.3, -0.25) is 0 Å². The Hall–Kier alpha value is -4.31. The summed E-state index contributed by atoms with van der Waals surface area (Å²) in [5.74, 6) is -0.291. The molecule has 0 amide bonds. The number of aromatic nitrogens is 2. The van der Waals surface area contributed by atoms with E-state index in [0.29, 0.717) is 28.5 Å². The second kappa shape index (κ2) is 7.02. The summed E-state index contributed by atoms with van der Waals surface area (Å²) in [6.45, 7) is 1.98. The van der Waals surface area contributed by atoms with Gasteiger partial charge in [-0.15, -0.1) is 0 Å². The average molecular weight is 385 g/mol. The van der Waals surface area contributed by atoms with Crippen molar-refractivity contribution in [3.63, 3.8) is 0 Å². The molecule has 0 spiro atoms. The summed E-state index contributed by atoms with van der Waals surface area (Å²) < 4.78 is 5.75. The van der Waals surface area contributed by atoms with Gasteiger partial charge in [0.1, 0.15) is 34.7 Å². The fraction of sp³-hybridized carbons (Fsp3) is 0.0455. The van der Waals surface area contributed by atoms with E-state index in [2.05, 4.69) is 16.0 Å². The first-order chi connectivity index (χ1) is 13.9. The molecule has 142 valence electrons. The lowest BCUT2D eigenvalue weighted by molar-refractivity contribution is 0.0694. The number of H-pyrrole nitrogens is 1. The molecule has 29 heavy (non-hydrogen) atoms. The first kappa shape index (κ1) is 18.1. The minimum Gasteiger partial charge on any atom is -0.507 e. The van der Waals surface area contributed by atoms with E-state index in [9.17, 15) is 15.2 Å². The number of aromatic carboxylic acids is 1. The number of carboxylic acid groups (broad SMARTS) is 1. The van der Waals surface area contributed by atoms with Gasteiger partial charge in [-0.1, -0.05) is 6.07 Å². The highest BCUT2D eigenvalue weighted by Crippen LogP contribution is 2.29. The summed E-state index contributed by atoms with van der Waals surface area (Å²) in [5, 5.41) is 28.4. The summed E-state index contributed by atoms with van der Waals surface area (Å²) in [6, 6.07) is 15.4. The number of allylic oxidation sites excluding steroid dienone is 1. The van der Waals surface area contributed by atoms with Gasteiger partial charge in [-0.2, -0.15) is 5.26 Å². The number of benzene rings is 2. The summed E-state index contributed by atoms with van der Waals surface area (Å²) >= 11 is 0. The fourth-order valence-electron chi connectivity index (χ4n) is 2.99. The SMILES string of the molecule is Cc1ccc2nc(/C(C#N)=C/c3ccc(-c4ccc(O)c(C(=O)O)c4)o3)[nH]c2c1. The number of carboxylic acids is 1. The van der Waals surface area contributed by atoms with Gasteiger partial charge < -0.3 is 19.6 Å². The number of aryl methyl sites for hydroxylation is 1. The Bertz CT molecular complexity index is 1320. The Morgan fingerprint density at radius 3 is 2.79 bits per heavy atom. The van der Waals surface area contributed by atoms with Crippen LogP contribution in [0.5, 0.6) is 5.75 Å². The standard InChI is InChI=1S/C22H15N3O4/c1-12-2-5-17-18(8-12)25-21(24-17)14(11-23)9-15-4-7-20(29-15)13-3-6-19(26)16(10-13)22(27)28/h2-10,26H,1H3,(H,24,25)(H,27,28)/b14-9+. The molecule has 7 nitrogen and oxygen atoms in total. The van der Waals surface area contributed by atoms with E-state index >= 15 is 0 Å². The van der Waals surface area contributed by atoms with Crippen molar-refractivity contribution in [1.29, 1.82) is 5.26 Å². The van der Waals surface area contributed by atoms with E-state index in [1.807, 2.05) is 25.1 Å². The smallest absolute Gasteiger partial charge is 0.339 e. The molecule has 0 saturated carbocycles. The number of rotatable bonds is 4. The van der Waals surface area contributed by atoms with E-state index in [1.165, 1.54) is 12.1 Å². The quantitative estimate of drug-likeness (QED) is 0.441. The van der Waals surface area contributed by atoms with Crippen molar-refractivity contribution >= 4 is 28.7 Å². The third-order valence-electron chi connectivity index (χ3n) is 4.44. The van der Waals surface area contributed by atoms with Gasteiger partial charge in [-0.25, -0.2) is 9.78 Å². The number of nitriles is 1. The minimum absolute atomic E-state index is 0.216. The van der Waals surface area contributed by atoms with Crippen LogP contribution in [-0.4, -0.2) is 26.2 Å². The van der Waals surface area contributed by atoms with E-state index in [0.717, 1.165) is 16.6 Å². The van der Waals surface area contributed by atoms with E-state index in [1.54, 1.807) is 24.3 Å². The van der Waals surface area contributed by atoms with Gasteiger partial charge in [0, 0.05) is 11.6 Å². The normalized spacial score (nSPS) is 11.5. The number of furan rings is 1. The van der Waals surface area contributed by atoms with Gasteiger partial charge >= 0.3 is 5.97 Å². The van der Waals surface area contributed by atoms with Crippen LogP contribution in [0.25, 0.3) is 34.0 Å². The molecule has 0 saturated heterocycles. The Labute approximate surface area is 165 Å². The molecular formula is C22H15N3O4. The van der Waals surface area contributed by atoms with Gasteiger partial charge in [0.25, 0.3) is 0 Å². The highest BCUT2D eigenvalue weighted by Gasteiger charge is 2.14. The molecule has 2 aromatic carbocycles. The molecular weight excluding hydrogens is 370 g/mol. The number of aromatic hydroxyl groups is 1.